The summed E-state index contributed by atoms with van der Waals surface area (Å²) in [6, 6.07) is 24.3. The fourth-order valence-electron chi connectivity index (χ4n) is 4.98. The summed E-state index contributed by atoms with van der Waals surface area (Å²) in [4.78, 5) is 9.74. The van der Waals surface area contributed by atoms with Crippen molar-refractivity contribution in [2.24, 2.45) is 10.7 Å². The topological polar surface area (TPSA) is 81.4 Å². The van der Waals surface area contributed by atoms with E-state index in [0.717, 1.165) is 61.9 Å². The van der Waals surface area contributed by atoms with Gasteiger partial charge in [-0.15, -0.1) is 0 Å². The van der Waals surface area contributed by atoms with Crippen LogP contribution in [0.4, 0.5) is 0 Å². The number of aliphatic imine (C=N–C) groups is 1. The van der Waals surface area contributed by atoms with Crippen molar-refractivity contribution in [3.63, 3.8) is 0 Å². The number of nitrogens with zero attached hydrogens (tertiary/aromatic N) is 4. The highest BCUT2D eigenvalue weighted by Crippen LogP contribution is 2.24. The van der Waals surface area contributed by atoms with Gasteiger partial charge >= 0.3 is 0 Å². The van der Waals surface area contributed by atoms with Crippen molar-refractivity contribution in [2.75, 3.05) is 0 Å². The van der Waals surface area contributed by atoms with Crippen LogP contribution < -0.4 is 5.73 Å². The SMILES string of the molecule is Cc1ccc(C)n1-c1cc(CC(C=NCc2ccc3cc(O)ccc3c2)=CN)cc(-n2c(C)ccc2C)n1. The molecule has 0 amide bonds. The molecule has 0 spiro atoms. The molecule has 3 heterocycles. The minimum Gasteiger partial charge on any atom is -0.508 e. The second-order valence-electron chi connectivity index (χ2n) is 9.85. The number of pyridine rings is 1. The van der Waals surface area contributed by atoms with Crippen LogP contribution in [0.5, 0.6) is 5.75 Å². The fraction of sp³-hybridized carbons (Fsp3) is 0.188. The van der Waals surface area contributed by atoms with Crippen LogP contribution in [-0.4, -0.2) is 25.4 Å². The Morgan fingerprint density at radius 3 is 1.89 bits per heavy atom. The predicted octanol–water partition coefficient (Wildman–Crippen LogP) is 6.41. The van der Waals surface area contributed by atoms with E-state index in [9.17, 15) is 5.11 Å². The summed E-state index contributed by atoms with van der Waals surface area (Å²) in [5.41, 5.74) is 13.7. The van der Waals surface area contributed by atoms with Gasteiger partial charge in [0, 0.05) is 35.4 Å². The van der Waals surface area contributed by atoms with E-state index in [2.05, 4.69) is 84.3 Å². The molecule has 5 rings (SSSR count). The Morgan fingerprint density at radius 1 is 0.763 bits per heavy atom. The molecule has 2 aromatic carbocycles. The highest BCUT2D eigenvalue weighted by molar-refractivity contribution is 5.84. The monoisotopic (exact) mass is 503 g/mol. The van der Waals surface area contributed by atoms with Crippen LogP contribution in [0.1, 0.15) is 33.9 Å². The number of nitrogens with two attached hydrogens (primary N) is 1. The maximum absolute atomic E-state index is 9.70. The molecule has 0 atom stereocenters. The zero-order valence-corrected chi connectivity index (χ0v) is 22.3. The molecule has 0 fully saturated rings. The van der Waals surface area contributed by atoms with Gasteiger partial charge in [0.2, 0.25) is 0 Å². The zero-order chi connectivity index (χ0) is 26.8. The predicted molar refractivity (Wildman–Crippen MR) is 156 cm³/mol. The van der Waals surface area contributed by atoms with E-state index < -0.39 is 0 Å². The van der Waals surface area contributed by atoms with Crippen LogP contribution in [0.25, 0.3) is 22.4 Å². The number of benzene rings is 2. The summed E-state index contributed by atoms with van der Waals surface area (Å²) in [6.07, 6.45) is 4.13. The molecule has 0 aliphatic rings. The first-order valence-electron chi connectivity index (χ1n) is 12.8. The van der Waals surface area contributed by atoms with Crippen molar-refractivity contribution in [3.8, 4) is 17.4 Å². The standard InChI is InChI=1S/C32H33N5O/c1-21-5-6-22(2)36(21)31-15-26(16-32(35-31)37-23(3)7-8-24(37)4)13-27(18-33)20-34-19-25-9-10-29-17-30(38)12-11-28(29)14-25/h5-12,14-18,20,38H,13,19,33H2,1-4H3. The van der Waals surface area contributed by atoms with E-state index in [1.165, 1.54) is 0 Å². The maximum atomic E-state index is 9.70. The molecule has 192 valence electrons. The Hall–Kier alpha value is -4.58. The lowest BCUT2D eigenvalue weighted by molar-refractivity contribution is 0.476. The lowest BCUT2D eigenvalue weighted by Gasteiger charge is -2.16. The number of rotatable bonds is 7. The maximum Gasteiger partial charge on any atom is 0.139 e. The van der Waals surface area contributed by atoms with E-state index in [1.807, 2.05) is 24.4 Å². The van der Waals surface area contributed by atoms with Gasteiger partial charge in [0.1, 0.15) is 17.4 Å². The number of aromatic nitrogens is 3. The van der Waals surface area contributed by atoms with Crippen LogP contribution >= 0.6 is 0 Å². The second kappa shape index (κ2) is 10.4. The number of phenolic OH excluding ortho intramolecular Hbond substituents is 1. The van der Waals surface area contributed by atoms with Crippen molar-refractivity contribution in [1.82, 2.24) is 14.1 Å². The summed E-state index contributed by atoms with van der Waals surface area (Å²) in [5.74, 6) is 2.05. The number of hydrogen-bond donors (Lipinski definition) is 2. The molecule has 6 nitrogen and oxygen atoms in total. The van der Waals surface area contributed by atoms with Gasteiger partial charge < -0.3 is 20.0 Å². The Balaban J connectivity index is 1.43. The van der Waals surface area contributed by atoms with Gasteiger partial charge in [-0.3, -0.25) is 4.99 Å². The van der Waals surface area contributed by atoms with Gasteiger partial charge in [-0.1, -0.05) is 18.2 Å². The molecule has 5 aromatic rings. The Labute approximate surface area is 223 Å². The van der Waals surface area contributed by atoms with Crippen LogP contribution in [0.3, 0.4) is 0 Å². The van der Waals surface area contributed by atoms with Crippen molar-refractivity contribution >= 4 is 17.0 Å². The minimum absolute atomic E-state index is 0.271. The highest BCUT2D eigenvalue weighted by Gasteiger charge is 2.13. The molecule has 3 N–H and O–H groups in total. The average Bonchev–Trinajstić information content (AvgIpc) is 3.42. The summed E-state index contributed by atoms with van der Waals surface area (Å²) < 4.78 is 4.36. The molecule has 38 heavy (non-hydrogen) atoms. The third-order valence-corrected chi connectivity index (χ3v) is 6.90. The first-order valence-corrected chi connectivity index (χ1v) is 12.8. The largest absolute Gasteiger partial charge is 0.508 e. The first kappa shape index (κ1) is 25.1. The lowest BCUT2D eigenvalue weighted by atomic mass is 10.1. The van der Waals surface area contributed by atoms with Crippen molar-refractivity contribution in [3.05, 3.63) is 118 Å². The molecule has 0 saturated carbocycles. The molecule has 0 bridgehead atoms. The van der Waals surface area contributed by atoms with E-state index in [1.54, 1.807) is 18.3 Å². The molecule has 0 radical (unpaired) electrons. The zero-order valence-electron chi connectivity index (χ0n) is 22.3. The fourth-order valence-corrected chi connectivity index (χ4v) is 4.98. The van der Waals surface area contributed by atoms with Crippen molar-refractivity contribution in [2.45, 2.75) is 40.7 Å². The van der Waals surface area contributed by atoms with Gasteiger partial charge in [-0.2, -0.15) is 0 Å². The molecule has 3 aromatic heterocycles. The molecule has 6 heteroatoms. The summed E-state index contributed by atoms with van der Waals surface area (Å²) in [5, 5.41) is 11.8. The van der Waals surface area contributed by atoms with Crippen molar-refractivity contribution in [1.29, 1.82) is 0 Å². The number of phenols is 1. The molecule has 0 aliphatic heterocycles. The van der Waals surface area contributed by atoms with Crippen LogP contribution in [0.2, 0.25) is 0 Å². The number of hydrogen-bond acceptors (Lipinski definition) is 4. The van der Waals surface area contributed by atoms with E-state index in [4.69, 9.17) is 10.7 Å². The minimum atomic E-state index is 0.271. The van der Waals surface area contributed by atoms with Crippen LogP contribution in [0.15, 0.2) is 89.6 Å². The molecule has 0 aliphatic carbocycles. The number of allylic oxidation sites excluding steroid dienone is 1. The average molecular weight is 504 g/mol. The Morgan fingerprint density at radius 2 is 1.32 bits per heavy atom. The first-order chi connectivity index (χ1) is 18.3. The van der Waals surface area contributed by atoms with E-state index >= 15 is 0 Å². The van der Waals surface area contributed by atoms with Crippen LogP contribution in [0, 0.1) is 27.7 Å². The number of fused-ring (bicyclic) bond motifs is 1. The molecular weight excluding hydrogens is 470 g/mol. The van der Waals surface area contributed by atoms with E-state index in [0.29, 0.717) is 13.0 Å². The van der Waals surface area contributed by atoms with Crippen LogP contribution in [-0.2, 0) is 13.0 Å². The van der Waals surface area contributed by atoms with Gasteiger partial charge in [0.15, 0.2) is 0 Å². The van der Waals surface area contributed by atoms with Gasteiger partial charge in [-0.25, -0.2) is 4.98 Å². The lowest BCUT2D eigenvalue weighted by Crippen LogP contribution is -2.09. The summed E-state index contributed by atoms with van der Waals surface area (Å²) in [7, 11) is 0. The van der Waals surface area contributed by atoms with Gasteiger partial charge in [0.25, 0.3) is 0 Å². The smallest absolute Gasteiger partial charge is 0.139 e. The third-order valence-electron chi connectivity index (χ3n) is 6.90. The van der Waals surface area contributed by atoms with Gasteiger partial charge in [0.05, 0.1) is 6.54 Å². The second-order valence-corrected chi connectivity index (χ2v) is 9.85. The summed E-state index contributed by atoms with van der Waals surface area (Å²) in [6.45, 7) is 8.94. The van der Waals surface area contributed by atoms with Gasteiger partial charge in [-0.05, 0) is 116 Å². The highest BCUT2D eigenvalue weighted by atomic mass is 16.3. The normalized spacial score (nSPS) is 12.2. The summed E-state index contributed by atoms with van der Waals surface area (Å²) >= 11 is 0. The Bertz CT molecular complexity index is 1580. The molecule has 0 unspecified atom stereocenters. The Kier molecular flexibility index (Phi) is 6.88. The number of aryl methyl sites for hydroxylation is 4. The molecular formula is C32H33N5O. The van der Waals surface area contributed by atoms with E-state index in [-0.39, 0.29) is 5.75 Å². The number of aromatic hydroxyl groups is 1. The quantitative estimate of drug-likeness (QED) is 0.252. The molecule has 0 saturated heterocycles. The van der Waals surface area contributed by atoms with Crippen molar-refractivity contribution < 1.29 is 5.11 Å². The third kappa shape index (κ3) is 5.11.